The lowest BCUT2D eigenvalue weighted by Gasteiger charge is -2.55. The minimum Gasteiger partial charge on any atom is -0.550 e. The molecule has 4 saturated carbocycles. The maximum Gasteiger partial charge on any atom is 0.226 e. The van der Waals surface area contributed by atoms with E-state index >= 15 is 0 Å². The summed E-state index contributed by atoms with van der Waals surface area (Å²) in [7, 11) is 0. The van der Waals surface area contributed by atoms with Crippen molar-refractivity contribution in [2.24, 2.45) is 23.2 Å². The van der Waals surface area contributed by atoms with Gasteiger partial charge in [-0.25, -0.2) is 4.39 Å². The lowest BCUT2D eigenvalue weighted by molar-refractivity contribution is -0.306. The van der Waals surface area contributed by atoms with Gasteiger partial charge >= 0.3 is 0 Å². The van der Waals surface area contributed by atoms with Gasteiger partial charge in [0, 0.05) is 17.8 Å². The van der Waals surface area contributed by atoms with E-state index in [1.165, 1.54) is 43.5 Å². The topological polar surface area (TPSA) is 69.2 Å². The second-order valence-electron chi connectivity index (χ2n) is 8.35. The number of halogens is 1. The molecule has 4 aliphatic rings. The van der Waals surface area contributed by atoms with Crippen LogP contribution in [0.1, 0.15) is 56.6 Å². The van der Waals surface area contributed by atoms with E-state index < -0.39 is 12.0 Å². The van der Waals surface area contributed by atoms with Crippen molar-refractivity contribution in [3.63, 3.8) is 0 Å². The highest BCUT2D eigenvalue weighted by molar-refractivity contribution is 5.84. The number of hydrogen-bond donors (Lipinski definition) is 1. The average molecular weight is 344 g/mol. The Labute approximate surface area is 146 Å². The third-order valence-electron chi connectivity index (χ3n) is 6.47. The van der Waals surface area contributed by atoms with Crippen molar-refractivity contribution in [2.45, 2.75) is 51.0 Å². The van der Waals surface area contributed by atoms with E-state index in [1.807, 2.05) is 0 Å². The Balaban J connectivity index is 1.54. The molecule has 4 aliphatic carbocycles. The first-order valence-electron chi connectivity index (χ1n) is 9.20. The van der Waals surface area contributed by atoms with Crippen molar-refractivity contribution in [1.82, 2.24) is 5.32 Å². The summed E-state index contributed by atoms with van der Waals surface area (Å²) in [5.74, 6) is 0.290. The molecule has 1 amide bonds. The van der Waals surface area contributed by atoms with Gasteiger partial charge in [-0.15, -0.1) is 0 Å². The Morgan fingerprint density at radius 3 is 2.08 bits per heavy atom. The average Bonchev–Trinajstić information content (AvgIpc) is 2.53. The number of rotatable bonds is 5. The highest BCUT2D eigenvalue weighted by Crippen LogP contribution is 2.60. The summed E-state index contributed by atoms with van der Waals surface area (Å²) < 4.78 is 13.2. The SMILES string of the molecule is O=C([O-])C[C@H](NC(=O)C12CC3CC(CC(C3)C1)C2)c1ccc(F)cc1. The number of aliphatic carboxylic acids is 1. The van der Waals surface area contributed by atoms with Gasteiger partial charge in [-0.1, -0.05) is 12.1 Å². The maximum atomic E-state index is 13.2. The summed E-state index contributed by atoms with van der Waals surface area (Å²) in [4.78, 5) is 24.3. The standard InChI is InChI=1S/C20H24FNO3/c21-16-3-1-15(2-4-16)17(8-18(23)24)22-19(25)20-9-12-5-13(10-20)7-14(6-12)11-20/h1-4,12-14,17H,5-11H2,(H,22,25)(H,23,24)/p-1/t12?,13?,14?,17-,20?/m0/s1. The molecular weight excluding hydrogens is 321 g/mol. The van der Waals surface area contributed by atoms with Gasteiger partial charge in [-0.2, -0.15) is 0 Å². The Morgan fingerprint density at radius 2 is 1.60 bits per heavy atom. The highest BCUT2D eigenvalue weighted by Gasteiger charge is 2.54. The molecule has 0 unspecified atom stereocenters. The summed E-state index contributed by atoms with van der Waals surface area (Å²) in [6.07, 6.45) is 6.20. The van der Waals surface area contributed by atoms with Gasteiger partial charge < -0.3 is 15.2 Å². The van der Waals surface area contributed by atoms with E-state index in [2.05, 4.69) is 5.32 Å². The number of nitrogens with one attached hydrogen (secondary N) is 1. The van der Waals surface area contributed by atoms with Crippen LogP contribution < -0.4 is 10.4 Å². The van der Waals surface area contributed by atoms with Crippen LogP contribution in [0.3, 0.4) is 0 Å². The molecule has 4 nitrogen and oxygen atoms in total. The molecule has 5 heteroatoms. The third-order valence-corrected chi connectivity index (χ3v) is 6.47. The molecule has 1 aromatic rings. The smallest absolute Gasteiger partial charge is 0.226 e. The maximum absolute atomic E-state index is 13.2. The molecule has 0 saturated heterocycles. The number of hydrogen-bond acceptors (Lipinski definition) is 3. The summed E-state index contributed by atoms with van der Waals surface area (Å²) in [6.45, 7) is 0. The van der Waals surface area contributed by atoms with Gasteiger partial charge in [-0.05, 0) is 74.0 Å². The number of carbonyl (C=O) groups is 2. The minimum atomic E-state index is -1.22. The number of amides is 1. The van der Waals surface area contributed by atoms with Crippen LogP contribution in [0.25, 0.3) is 0 Å². The molecule has 1 N–H and O–H groups in total. The Hall–Kier alpha value is -1.91. The van der Waals surface area contributed by atoms with Crippen molar-refractivity contribution < 1.29 is 19.1 Å². The van der Waals surface area contributed by atoms with Crippen molar-refractivity contribution in [3.8, 4) is 0 Å². The van der Waals surface area contributed by atoms with Crippen LogP contribution in [0, 0.1) is 29.0 Å². The fourth-order valence-corrected chi connectivity index (χ4v) is 5.81. The van der Waals surface area contributed by atoms with Crippen LogP contribution in [-0.2, 0) is 9.59 Å². The molecule has 0 radical (unpaired) electrons. The van der Waals surface area contributed by atoms with Gasteiger partial charge in [0.15, 0.2) is 0 Å². The van der Waals surface area contributed by atoms with Gasteiger partial charge in [0.1, 0.15) is 5.82 Å². The molecular formula is C20H23FNO3-. The quantitative estimate of drug-likeness (QED) is 0.891. The minimum absolute atomic E-state index is 0.0258. The monoisotopic (exact) mass is 344 g/mol. The highest BCUT2D eigenvalue weighted by atomic mass is 19.1. The van der Waals surface area contributed by atoms with E-state index in [1.54, 1.807) is 0 Å². The molecule has 0 spiro atoms. The lowest BCUT2D eigenvalue weighted by atomic mass is 9.49. The zero-order chi connectivity index (χ0) is 17.6. The predicted octanol–water partition coefficient (Wildman–Crippen LogP) is 2.34. The van der Waals surface area contributed by atoms with E-state index in [4.69, 9.17) is 0 Å². The molecule has 4 bridgehead atoms. The van der Waals surface area contributed by atoms with Crippen molar-refractivity contribution in [2.75, 3.05) is 0 Å². The van der Waals surface area contributed by atoms with Crippen LogP contribution in [0.4, 0.5) is 4.39 Å². The molecule has 25 heavy (non-hydrogen) atoms. The summed E-state index contributed by atoms with van der Waals surface area (Å²) in [6, 6.07) is 4.96. The van der Waals surface area contributed by atoms with Gasteiger partial charge in [-0.3, -0.25) is 4.79 Å². The fraction of sp³-hybridized carbons (Fsp3) is 0.600. The van der Waals surface area contributed by atoms with Crippen LogP contribution in [-0.4, -0.2) is 11.9 Å². The molecule has 4 fully saturated rings. The summed E-state index contributed by atoms with van der Waals surface area (Å²) in [5, 5.41) is 14.1. The van der Waals surface area contributed by atoms with E-state index in [9.17, 15) is 19.1 Å². The zero-order valence-electron chi connectivity index (χ0n) is 14.2. The van der Waals surface area contributed by atoms with Crippen LogP contribution >= 0.6 is 0 Å². The Morgan fingerprint density at radius 1 is 1.08 bits per heavy atom. The largest absolute Gasteiger partial charge is 0.550 e. The third kappa shape index (κ3) is 3.16. The van der Waals surface area contributed by atoms with Crippen LogP contribution in [0.15, 0.2) is 24.3 Å². The van der Waals surface area contributed by atoms with Gasteiger partial charge in [0.25, 0.3) is 0 Å². The first-order valence-corrected chi connectivity index (χ1v) is 9.20. The van der Waals surface area contributed by atoms with E-state index in [-0.39, 0.29) is 23.6 Å². The molecule has 0 aromatic heterocycles. The zero-order valence-corrected chi connectivity index (χ0v) is 14.2. The number of carboxylic acids is 1. The fourth-order valence-electron chi connectivity index (χ4n) is 5.81. The molecule has 5 rings (SSSR count). The van der Waals surface area contributed by atoms with Crippen molar-refractivity contribution >= 4 is 11.9 Å². The second kappa shape index (κ2) is 6.11. The number of carboxylic acid groups (broad SMARTS) is 1. The second-order valence-corrected chi connectivity index (χ2v) is 8.35. The van der Waals surface area contributed by atoms with E-state index in [0.717, 1.165) is 19.3 Å². The van der Waals surface area contributed by atoms with Crippen LogP contribution in [0.2, 0.25) is 0 Å². The molecule has 0 heterocycles. The first kappa shape index (κ1) is 16.6. The van der Waals surface area contributed by atoms with Gasteiger partial charge in [0.05, 0.1) is 6.04 Å². The Kier molecular flexibility index (Phi) is 4.05. The first-order chi connectivity index (χ1) is 11.9. The van der Waals surface area contributed by atoms with Crippen molar-refractivity contribution in [3.05, 3.63) is 35.6 Å². The summed E-state index contributed by atoms with van der Waals surface area (Å²) in [5.41, 5.74) is 0.266. The number of benzene rings is 1. The Bertz CT molecular complexity index is 649. The van der Waals surface area contributed by atoms with Crippen LogP contribution in [0.5, 0.6) is 0 Å². The lowest BCUT2D eigenvalue weighted by Crippen LogP contribution is -2.54. The molecule has 134 valence electrons. The molecule has 0 aliphatic heterocycles. The predicted molar refractivity (Wildman–Crippen MR) is 87.5 cm³/mol. The van der Waals surface area contributed by atoms with E-state index in [0.29, 0.717) is 23.3 Å². The summed E-state index contributed by atoms with van der Waals surface area (Å²) >= 11 is 0. The number of carbonyl (C=O) groups excluding carboxylic acids is 2. The van der Waals surface area contributed by atoms with Crippen molar-refractivity contribution in [1.29, 1.82) is 0 Å². The normalized spacial score (nSPS) is 33.9. The van der Waals surface area contributed by atoms with Gasteiger partial charge in [0.2, 0.25) is 5.91 Å². The molecule has 1 atom stereocenters. The molecule has 1 aromatic carbocycles.